The first-order valence-electron chi connectivity index (χ1n) is 12.8. The number of hydrogen-bond acceptors (Lipinski definition) is 6. The van der Waals surface area contributed by atoms with Crippen LogP contribution in [0.4, 0.5) is 0 Å². The molecule has 0 unspecified atom stereocenters. The van der Waals surface area contributed by atoms with Crippen molar-refractivity contribution in [1.82, 2.24) is 14.3 Å². The van der Waals surface area contributed by atoms with Gasteiger partial charge in [-0.3, -0.25) is 4.79 Å². The van der Waals surface area contributed by atoms with Crippen molar-refractivity contribution in [2.45, 2.75) is 25.3 Å². The second kappa shape index (κ2) is 13.4. The van der Waals surface area contributed by atoms with Crippen LogP contribution in [0.1, 0.15) is 22.5 Å². The highest BCUT2D eigenvalue weighted by atomic mass is 35.5. The molecule has 3 aromatic carbocycles. The number of carbonyl (C=O) groups excluding carboxylic acids is 1. The summed E-state index contributed by atoms with van der Waals surface area (Å²) in [5.74, 6) is 0.0291. The number of nitrogens with zero attached hydrogens (tertiary/aromatic N) is 3. The third kappa shape index (κ3) is 6.96. The molecule has 0 radical (unpaired) electrons. The zero-order chi connectivity index (χ0) is 30.4. The Morgan fingerprint density at radius 3 is 2.36 bits per heavy atom. The number of sulfonamides is 1. The fraction of sp³-hybridized carbons (Fsp3) is 0.200. The Morgan fingerprint density at radius 1 is 0.976 bits per heavy atom. The Bertz CT molecular complexity index is 1720. The summed E-state index contributed by atoms with van der Waals surface area (Å²) in [5, 5.41) is 5.13. The summed E-state index contributed by atoms with van der Waals surface area (Å²) in [7, 11) is -1.24. The van der Waals surface area contributed by atoms with Gasteiger partial charge in [-0.25, -0.2) is 13.8 Å². The summed E-state index contributed by atoms with van der Waals surface area (Å²) in [6, 6.07) is 20.4. The van der Waals surface area contributed by atoms with Crippen molar-refractivity contribution in [3.63, 3.8) is 0 Å². The van der Waals surface area contributed by atoms with Gasteiger partial charge in [-0.05, 0) is 55.8 Å². The first-order chi connectivity index (χ1) is 20.0. The van der Waals surface area contributed by atoms with Crippen molar-refractivity contribution in [3.05, 3.63) is 105 Å². The molecule has 42 heavy (non-hydrogen) atoms. The van der Waals surface area contributed by atoms with Crippen LogP contribution in [0.15, 0.2) is 82.8 Å². The van der Waals surface area contributed by atoms with Crippen LogP contribution in [0.3, 0.4) is 0 Å². The van der Waals surface area contributed by atoms with Gasteiger partial charge in [0.2, 0.25) is 10.0 Å². The number of hydrogen-bond donors (Lipinski definition) is 1. The topological polar surface area (TPSA) is 102 Å². The Hall–Kier alpha value is -3.83. The third-order valence-corrected chi connectivity index (χ3v) is 8.85. The lowest BCUT2D eigenvalue weighted by Crippen LogP contribution is -2.39. The Labute approximate surface area is 255 Å². The fourth-order valence-corrected chi connectivity index (χ4v) is 6.35. The van der Waals surface area contributed by atoms with Gasteiger partial charge in [0, 0.05) is 34.6 Å². The predicted molar refractivity (Wildman–Crippen MR) is 165 cm³/mol. The molecule has 0 aliphatic rings. The summed E-state index contributed by atoms with van der Waals surface area (Å²) >= 11 is 12.5. The average Bonchev–Trinajstić information content (AvgIpc) is 3.25. The largest absolute Gasteiger partial charge is 0.493 e. The van der Waals surface area contributed by atoms with E-state index in [9.17, 15) is 13.2 Å². The van der Waals surface area contributed by atoms with Crippen LogP contribution in [0.25, 0.3) is 5.69 Å². The number of methoxy groups -OCH3 is 2. The summed E-state index contributed by atoms with van der Waals surface area (Å²) in [5.41, 5.74) is 6.42. The molecule has 220 valence electrons. The SMILES string of the molecule is COc1ccc(S(=O)(=O)N(CC(=O)N/N=C/c2cc(C)n(-c3ccc(Cl)cc3Cl)c2C)Cc2ccccc2)cc1OC. The third-order valence-electron chi connectivity index (χ3n) is 6.53. The molecule has 4 aromatic rings. The van der Waals surface area contributed by atoms with E-state index >= 15 is 0 Å². The number of aryl methyl sites for hydroxylation is 1. The monoisotopic (exact) mass is 628 g/mol. The molecule has 0 aliphatic carbocycles. The first kappa shape index (κ1) is 31.1. The van der Waals surface area contributed by atoms with E-state index in [0.29, 0.717) is 21.4 Å². The predicted octanol–water partition coefficient (Wildman–Crippen LogP) is 5.76. The molecule has 12 heteroatoms. The van der Waals surface area contributed by atoms with E-state index in [0.717, 1.165) is 26.9 Å². The van der Waals surface area contributed by atoms with Gasteiger partial charge in [-0.1, -0.05) is 53.5 Å². The van der Waals surface area contributed by atoms with Crippen LogP contribution >= 0.6 is 23.2 Å². The fourth-order valence-electron chi connectivity index (χ4n) is 4.46. The molecule has 0 atom stereocenters. The molecule has 0 bridgehead atoms. The number of benzene rings is 3. The number of hydrazone groups is 1. The molecule has 4 rings (SSSR count). The highest BCUT2D eigenvalue weighted by Gasteiger charge is 2.28. The molecule has 1 N–H and O–H groups in total. The molecule has 0 fully saturated rings. The molecule has 0 aliphatic heterocycles. The van der Waals surface area contributed by atoms with Crippen molar-refractivity contribution in [3.8, 4) is 17.2 Å². The van der Waals surface area contributed by atoms with Gasteiger partial charge in [0.25, 0.3) is 5.91 Å². The molecular weight excluding hydrogens is 599 g/mol. The smallest absolute Gasteiger partial charge is 0.255 e. The van der Waals surface area contributed by atoms with Crippen LogP contribution in [0.2, 0.25) is 10.0 Å². The molecule has 0 spiro atoms. The van der Waals surface area contributed by atoms with Crippen molar-refractivity contribution < 1.29 is 22.7 Å². The van der Waals surface area contributed by atoms with E-state index in [4.69, 9.17) is 32.7 Å². The van der Waals surface area contributed by atoms with E-state index < -0.39 is 22.5 Å². The second-order valence-electron chi connectivity index (χ2n) is 9.33. The Balaban J connectivity index is 1.55. The lowest BCUT2D eigenvalue weighted by molar-refractivity contribution is -0.121. The van der Waals surface area contributed by atoms with E-state index in [1.165, 1.54) is 38.6 Å². The van der Waals surface area contributed by atoms with Gasteiger partial charge < -0.3 is 14.0 Å². The number of carbonyl (C=O) groups is 1. The highest BCUT2D eigenvalue weighted by Crippen LogP contribution is 2.31. The number of nitrogens with one attached hydrogen (secondary N) is 1. The highest BCUT2D eigenvalue weighted by molar-refractivity contribution is 7.89. The van der Waals surface area contributed by atoms with Crippen LogP contribution in [-0.2, 0) is 21.4 Å². The van der Waals surface area contributed by atoms with Gasteiger partial charge >= 0.3 is 0 Å². The number of amides is 1. The van der Waals surface area contributed by atoms with Crippen LogP contribution < -0.4 is 14.9 Å². The zero-order valence-electron chi connectivity index (χ0n) is 23.5. The number of rotatable bonds is 11. The maximum absolute atomic E-state index is 13.7. The zero-order valence-corrected chi connectivity index (χ0v) is 25.8. The molecule has 1 heterocycles. The van der Waals surface area contributed by atoms with Crippen LogP contribution in [-0.4, -0.2) is 50.2 Å². The molecule has 9 nitrogen and oxygen atoms in total. The lowest BCUT2D eigenvalue weighted by Gasteiger charge is -2.22. The summed E-state index contributed by atoms with van der Waals surface area (Å²) in [6.07, 6.45) is 1.50. The van der Waals surface area contributed by atoms with Crippen molar-refractivity contribution >= 4 is 45.3 Å². The molecule has 1 amide bonds. The standard InChI is InChI=1S/C30H30Cl2N4O5S/c1-20-14-23(21(2)36(20)27-12-10-24(31)15-26(27)32)17-33-34-30(37)19-35(18-22-8-6-5-7-9-22)42(38,39)25-11-13-28(40-3)29(16-25)41-4/h5-17H,18-19H2,1-4H3,(H,34,37)/b33-17+. The lowest BCUT2D eigenvalue weighted by atomic mass is 10.2. The minimum atomic E-state index is -4.12. The maximum atomic E-state index is 13.7. The van der Waals surface area contributed by atoms with Crippen LogP contribution in [0.5, 0.6) is 11.5 Å². The van der Waals surface area contributed by atoms with Gasteiger partial charge in [0.15, 0.2) is 11.5 Å². The normalized spacial score (nSPS) is 11.7. The molecule has 0 saturated carbocycles. The molecule has 1 aromatic heterocycles. The van der Waals surface area contributed by atoms with Crippen LogP contribution in [0, 0.1) is 13.8 Å². The van der Waals surface area contributed by atoms with Gasteiger partial charge in [0.05, 0.1) is 42.6 Å². The quantitative estimate of drug-likeness (QED) is 0.168. The minimum Gasteiger partial charge on any atom is -0.493 e. The summed E-state index contributed by atoms with van der Waals surface area (Å²) < 4.78 is 40.9. The molecule has 0 saturated heterocycles. The second-order valence-corrected chi connectivity index (χ2v) is 12.1. The Kier molecular flexibility index (Phi) is 9.95. The molecular formula is C30H30Cl2N4O5S. The average molecular weight is 630 g/mol. The summed E-state index contributed by atoms with van der Waals surface area (Å²) in [4.78, 5) is 12.9. The number of aromatic nitrogens is 1. The van der Waals surface area contributed by atoms with E-state index in [-0.39, 0.29) is 17.2 Å². The van der Waals surface area contributed by atoms with Gasteiger partial charge in [-0.15, -0.1) is 0 Å². The summed E-state index contributed by atoms with van der Waals surface area (Å²) in [6.45, 7) is 3.33. The van der Waals surface area contributed by atoms with Crippen molar-refractivity contribution in [2.24, 2.45) is 5.10 Å². The van der Waals surface area contributed by atoms with Gasteiger partial charge in [0.1, 0.15) is 0 Å². The number of ether oxygens (including phenoxy) is 2. The van der Waals surface area contributed by atoms with Gasteiger partial charge in [-0.2, -0.15) is 9.41 Å². The van der Waals surface area contributed by atoms with E-state index in [1.807, 2.05) is 36.6 Å². The minimum absolute atomic E-state index is 0.0301. The maximum Gasteiger partial charge on any atom is 0.255 e. The van der Waals surface area contributed by atoms with Crippen molar-refractivity contribution in [1.29, 1.82) is 0 Å². The Morgan fingerprint density at radius 2 is 1.69 bits per heavy atom. The first-order valence-corrected chi connectivity index (χ1v) is 15.0. The number of halogens is 2. The van der Waals surface area contributed by atoms with Crippen molar-refractivity contribution in [2.75, 3.05) is 20.8 Å². The van der Waals surface area contributed by atoms with E-state index in [1.54, 1.807) is 36.4 Å². The van der Waals surface area contributed by atoms with E-state index in [2.05, 4.69) is 10.5 Å².